The molecule has 1 heterocycles. The summed E-state index contributed by atoms with van der Waals surface area (Å²) in [5.41, 5.74) is 5.39. The van der Waals surface area contributed by atoms with Gasteiger partial charge in [0.25, 0.3) is 10.0 Å². The highest BCUT2D eigenvalue weighted by molar-refractivity contribution is 7.91. The first-order valence-electron chi connectivity index (χ1n) is 4.97. The minimum absolute atomic E-state index is 0.149. The minimum Gasteiger partial charge on any atom is -0.409 e. The number of nitrogens with one attached hydrogen (secondary N) is 1. The van der Waals surface area contributed by atoms with Crippen molar-refractivity contribution in [3.8, 4) is 0 Å². The first-order valence-corrected chi connectivity index (χ1v) is 7.27. The Morgan fingerprint density at radius 1 is 1.65 bits per heavy atom. The summed E-state index contributed by atoms with van der Waals surface area (Å²) in [7, 11) is -3.61. The number of thiophene rings is 1. The van der Waals surface area contributed by atoms with Gasteiger partial charge in [-0.3, -0.25) is 0 Å². The first kappa shape index (κ1) is 13.9. The lowest BCUT2D eigenvalue weighted by molar-refractivity contribution is 0.315. The highest BCUT2D eigenvalue weighted by atomic mass is 32.2. The molecule has 0 aliphatic carbocycles. The van der Waals surface area contributed by atoms with Gasteiger partial charge < -0.3 is 10.9 Å². The Bertz CT molecular complexity index is 507. The normalized spacial score (nSPS) is 14.8. The van der Waals surface area contributed by atoms with Crippen molar-refractivity contribution in [1.29, 1.82) is 0 Å². The molecule has 0 saturated heterocycles. The molecule has 0 bridgehead atoms. The van der Waals surface area contributed by atoms with Gasteiger partial charge in [-0.1, -0.05) is 12.1 Å². The van der Waals surface area contributed by atoms with Gasteiger partial charge in [-0.25, -0.2) is 8.42 Å². The van der Waals surface area contributed by atoms with E-state index < -0.39 is 16.1 Å². The summed E-state index contributed by atoms with van der Waals surface area (Å²) in [5, 5.41) is 11.4. The van der Waals surface area contributed by atoms with Gasteiger partial charge in [0.15, 0.2) is 5.84 Å². The van der Waals surface area contributed by atoms with Gasteiger partial charge in [0.2, 0.25) is 0 Å². The van der Waals surface area contributed by atoms with E-state index in [4.69, 9.17) is 10.9 Å². The molecule has 0 fully saturated rings. The van der Waals surface area contributed by atoms with Crippen LogP contribution < -0.4 is 10.5 Å². The molecular formula is C9H15N3O3S2. The van der Waals surface area contributed by atoms with E-state index in [1.54, 1.807) is 13.0 Å². The maximum absolute atomic E-state index is 11.9. The van der Waals surface area contributed by atoms with Crippen LogP contribution in [0, 0.1) is 6.92 Å². The Morgan fingerprint density at radius 3 is 2.71 bits per heavy atom. The van der Waals surface area contributed by atoms with E-state index >= 15 is 0 Å². The third-order valence-electron chi connectivity index (χ3n) is 2.16. The van der Waals surface area contributed by atoms with E-state index in [0.29, 0.717) is 6.42 Å². The van der Waals surface area contributed by atoms with Gasteiger partial charge in [-0.05, 0) is 25.5 Å². The molecule has 1 rings (SSSR count). The summed E-state index contributed by atoms with van der Waals surface area (Å²) >= 11 is 1.17. The zero-order valence-electron chi connectivity index (χ0n) is 9.54. The smallest absolute Gasteiger partial charge is 0.250 e. The molecular weight excluding hydrogens is 262 g/mol. The van der Waals surface area contributed by atoms with Crippen LogP contribution in [0.5, 0.6) is 0 Å². The van der Waals surface area contributed by atoms with Crippen LogP contribution in [0.25, 0.3) is 0 Å². The third-order valence-corrected chi connectivity index (χ3v) is 5.12. The summed E-state index contributed by atoms with van der Waals surface area (Å²) in [6, 6.07) is 2.55. The van der Waals surface area contributed by atoms with Gasteiger partial charge in [0.05, 0.1) is 6.04 Å². The number of sulfonamides is 1. The lowest BCUT2D eigenvalue weighted by atomic mass is 10.2. The van der Waals surface area contributed by atoms with E-state index in [0.717, 1.165) is 4.88 Å². The molecule has 17 heavy (non-hydrogen) atoms. The van der Waals surface area contributed by atoms with Crippen molar-refractivity contribution in [3.63, 3.8) is 0 Å². The highest BCUT2D eigenvalue weighted by Crippen LogP contribution is 2.20. The second-order valence-electron chi connectivity index (χ2n) is 3.47. The lowest BCUT2D eigenvalue weighted by Crippen LogP contribution is -2.43. The van der Waals surface area contributed by atoms with E-state index in [-0.39, 0.29) is 10.0 Å². The van der Waals surface area contributed by atoms with Crippen LogP contribution in [0.3, 0.4) is 0 Å². The SMILES string of the molecule is CCC(NS(=O)(=O)c1ccc(C)s1)/C(N)=N/O. The monoisotopic (exact) mass is 277 g/mol. The fourth-order valence-corrected chi connectivity index (χ4v) is 3.82. The summed E-state index contributed by atoms with van der Waals surface area (Å²) in [5.74, 6) is -0.149. The predicted molar refractivity (Wildman–Crippen MR) is 66.9 cm³/mol. The average Bonchev–Trinajstić information content (AvgIpc) is 2.72. The van der Waals surface area contributed by atoms with Crippen molar-refractivity contribution in [2.75, 3.05) is 0 Å². The lowest BCUT2D eigenvalue weighted by Gasteiger charge is -2.14. The Kier molecular flexibility index (Phi) is 4.49. The van der Waals surface area contributed by atoms with Crippen LogP contribution in [0.2, 0.25) is 0 Å². The van der Waals surface area contributed by atoms with E-state index in [1.165, 1.54) is 17.4 Å². The van der Waals surface area contributed by atoms with Gasteiger partial charge in [-0.15, -0.1) is 11.3 Å². The Morgan fingerprint density at radius 2 is 2.29 bits per heavy atom. The first-order chi connectivity index (χ1) is 7.90. The molecule has 0 aliphatic heterocycles. The molecule has 0 amide bonds. The number of oxime groups is 1. The third kappa shape index (κ3) is 3.42. The number of rotatable bonds is 5. The number of nitrogens with zero attached hydrogens (tertiary/aromatic N) is 1. The molecule has 1 aromatic rings. The molecule has 0 saturated carbocycles. The number of hydrogen-bond acceptors (Lipinski definition) is 5. The molecule has 8 heteroatoms. The maximum Gasteiger partial charge on any atom is 0.250 e. The van der Waals surface area contributed by atoms with E-state index in [1.807, 2.05) is 6.92 Å². The quantitative estimate of drug-likeness (QED) is 0.321. The molecule has 1 unspecified atom stereocenters. The van der Waals surface area contributed by atoms with Crippen molar-refractivity contribution >= 4 is 27.2 Å². The van der Waals surface area contributed by atoms with Gasteiger partial charge >= 0.3 is 0 Å². The number of hydrogen-bond donors (Lipinski definition) is 3. The molecule has 0 spiro atoms. The summed E-state index contributed by atoms with van der Waals surface area (Å²) < 4.78 is 26.5. The van der Waals surface area contributed by atoms with Crippen LogP contribution in [-0.4, -0.2) is 25.5 Å². The highest BCUT2D eigenvalue weighted by Gasteiger charge is 2.22. The fraction of sp³-hybridized carbons (Fsp3) is 0.444. The summed E-state index contributed by atoms with van der Waals surface area (Å²) in [4.78, 5) is 0.905. The van der Waals surface area contributed by atoms with Crippen LogP contribution in [0.15, 0.2) is 21.5 Å². The standard InChI is InChI=1S/C9H15N3O3S2/c1-3-7(9(10)11-13)12-17(14,15)8-5-4-6(2)16-8/h4-5,7,12-13H,3H2,1-2H3,(H2,10,11). The zero-order valence-corrected chi connectivity index (χ0v) is 11.2. The average molecular weight is 277 g/mol. The second kappa shape index (κ2) is 5.48. The molecule has 1 aromatic heterocycles. The van der Waals surface area contributed by atoms with Crippen LogP contribution in [-0.2, 0) is 10.0 Å². The van der Waals surface area contributed by atoms with Crippen molar-refractivity contribution in [1.82, 2.24) is 4.72 Å². The van der Waals surface area contributed by atoms with Gasteiger partial charge in [0, 0.05) is 4.88 Å². The van der Waals surface area contributed by atoms with Crippen molar-refractivity contribution in [2.24, 2.45) is 10.9 Å². The number of aryl methyl sites for hydroxylation is 1. The van der Waals surface area contributed by atoms with Crippen molar-refractivity contribution in [3.05, 3.63) is 17.0 Å². The zero-order chi connectivity index (χ0) is 13.1. The fourth-order valence-electron chi connectivity index (χ4n) is 1.22. The van der Waals surface area contributed by atoms with Gasteiger partial charge in [0.1, 0.15) is 4.21 Å². The van der Waals surface area contributed by atoms with E-state index in [2.05, 4.69) is 9.88 Å². The Balaban J connectivity index is 2.93. The largest absolute Gasteiger partial charge is 0.409 e. The summed E-state index contributed by atoms with van der Waals surface area (Å²) in [6.07, 6.45) is 0.402. The summed E-state index contributed by atoms with van der Waals surface area (Å²) in [6.45, 7) is 3.56. The number of amidine groups is 1. The molecule has 4 N–H and O–H groups in total. The number of nitrogens with two attached hydrogens (primary N) is 1. The maximum atomic E-state index is 11.9. The van der Waals surface area contributed by atoms with Gasteiger partial charge in [-0.2, -0.15) is 4.72 Å². The second-order valence-corrected chi connectivity index (χ2v) is 6.70. The van der Waals surface area contributed by atoms with Crippen molar-refractivity contribution in [2.45, 2.75) is 30.5 Å². The van der Waals surface area contributed by atoms with Crippen LogP contribution >= 0.6 is 11.3 Å². The molecule has 6 nitrogen and oxygen atoms in total. The Hall–Kier alpha value is -1.12. The minimum atomic E-state index is -3.61. The predicted octanol–water partition coefficient (Wildman–Crippen LogP) is 0.860. The molecule has 0 aromatic carbocycles. The molecule has 1 atom stereocenters. The molecule has 0 radical (unpaired) electrons. The van der Waals surface area contributed by atoms with E-state index in [9.17, 15) is 8.42 Å². The molecule has 0 aliphatic rings. The van der Waals surface area contributed by atoms with Crippen molar-refractivity contribution < 1.29 is 13.6 Å². The topological polar surface area (TPSA) is 105 Å². The molecule has 96 valence electrons. The van der Waals surface area contributed by atoms with Crippen LogP contribution in [0.4, 0.5) is 0 Å². The van der Waals surface area contributed by atoms with Crippen LogP contribution in [0.1, 0.15) is 18.2 Å². The Labute approximate surface area is 104 Å².